The van der Waals surface area contributed by atoms with E-state index >= 15 is 0 Å². The van der Waals surface area contributed by atoms with Crippen LogP contribution in [0.5, 0.6) is 0 Å². The molecule has 0 rings (SSSR count). The van der Waals surface area contributed by atoms with Gasteiger partial charge in [-0.15, -0.1) is 0 Å². The molecule has 122 valence electrons. The molecule has 0 saturated carbocycles. The van der Waals surface area contributed by atoms with Crippen LogP contribution in [0, 0.1) is 0 Å². The van der Waals surface area contributed by atoms with Crippen LogP contribution in [0.3, 0.4) is 0 Å². The summed E-state index contributed by atoms with van der Waals surface area (Å²) in [5.41, 5.74) is 0. The largest absolute Gasteiger partial charge is 0.393 e. The van der Waals surface area contributed by atoms with E-state index in [2.05, 4.69) is 6.92 Å². The van der Waals surface area contributed by atoms with Crippen LogP contribution in [-0.4, -0.2) is 66.9 Å². The summed E-state index contributed by atoms with van der Waals surface area (Å²) in [6.45, 7) is 4.11. The van der Waals surface area contributed by atoms with Crippen LogP contribution >= 0.6 is 0 Å². The van der Waals surface area contributed by atoms with E-state index in [4.69, 9.17) is 19.3 Å². The Morgan fingerprint density at radius 3 is 2.30 bits per heavy atom. The van der Waals surface area contributed by atoms with Crippen LogP contribution < -0.4 is 0 Å². The minimum Gasteiger partial charge on any atom is -0.393 e. The Morgan fingerprint density at radius 1 is 1.10 bits per heavy atom. The molecule has 0 aromatic carbocycles. The number of ether oxygens (including phenoxy) is 3. The molecule has 0 saturated heterocycles. The van der Waals surface area contributed by atoms with E-state index in [0.717, 1.165) is 12.8 Å². The highest BCUT2D eigenvalue weighted by atomic mass is 16.7. The Balaban J connectivity index is 4.03. The van der Waals surface area contributed by atoms with Crippen molar-refractivity contribution in [3.05, 3.63) is 0 Å². The molecular weight excluding hydrogens is 264 g/mol. The van der Waals surface area contributed by atoms with E-state index in [1.54, 1.807) is 6.92 Å². The first-order chi connectivity index (χ1) is 9.56. The first-order valence-electron chi connectivity index (χ1n) is 7.29. The molecule has 0 aromatic rings. The summed E-state index contributed by atoms with van der Waals surface area (Å²) in [5.74, 6) is 0. The first-order valence-corrected chi connectivity index (χ1v) is 7.29. The quantitative estimate of drug-likeness (QED) is 0.342. The van der Waals surface area contributed by atoms with Gasteiger partial charge >= 0.3 is 0 Å². The van der Waals surface area contributed by atoms with Gasteiger partial charge in [-0.05, 0) is 13.3 Å². The van der Waals surface area contributed by atoms with Crippen LogP contribution in [-0.2, 0) is 14.2 Å². The van der Waals surface area contributed by atoms with Gasteiger partial charge in [-0.3, -0.25) is 0 Å². The average molecular weight is 294 g/mol. The molecule has 4 atom stereocenters. The number of methoxy groups -OCH3 is 1. The maximum Gasteiger partial charge on any atom is 0.185 e. The number of unbranched alkanes of at least 4 members (excludes halogenated alkanes) is 3. The summed E-state index contributed by atoms with van der Waals surface area (Å²) < 4.78 is 15.9. The zero-order valence-electron chi connectivity index (χ0n) is 12.8. The lowest BCUT2D eigenvalue weighted by Crippen LogP contribution is -2.42. The second-order valence-electron chi connectivity index (χ2n) is 4.90. The van der Waals surface area contributed by atoms with Gasteiger partial charge in [0.05, 0.1) is 19.3 Å². The molecular formula is C14H30O6. The number of hydrogen-bond acceptors (Lipinski definition) is 6. The lowest BCUT2D eigenvalue weighted by molar-refractivity contribution is -0.232. The van der Waals surface area contributed by atoms with Crippen LogP contribution in [0.1, 0.15) is 39.5 Å². The van der Waals surface area contributed by atoms with Gasteiger partial charge in [0.25, 0.3) is 0 Å². The average Bonchev–Trinajstić information content (AvgIpc) is 2.44. The maximum atomic E-state index is 9.65. The topological polar surface area (TPSA) is 88.4 Å². The number of hydrogen-bond donors (Lipinski definition) is 3. The summed E-state index contributed by atoms with van der Waals surface area (Å²) in [7, 11) is 1.37. The molecule has 0 aromatic heterocycles. The predicted octanol–water partition coefficient (Wildman–Crippen LogP) is 0.675. The molecule has 0 heterocycles. The first kappa shape index (κ1) is 19.8. The fourth-order valence-electron chi connectivity index (χ4n) is 1.68. The van der Waals surface area contributed by atoms with Gasteiger partial charge in [0.2, 0.25) is 0 Å². The molecule has 0 fully saturated rings. The minimum atomic E-state index is -1.15. The van der Waals surface area contributed by atoms with Crippen molar-refractivity contribution in [2.45, 2.75) is 64.1 Å². The van der Waals surface area contributed by atoms with Crippen molar-refractivity contribution in [1.29, 1.82) is 0 Å². The third-order valence-corrected chi connectivity index (χ3v) is 3.00. The van der Waals surface area contributed by atoms with E-state index < -0.39 is 31.2 Å². The van der Waals surface area contributed by atoms with Gasteiger partial charge in [0.1, 0.15) is 12.2 Å². The van der Waals surface area contributed by atoms with Crippen LogP contribution in [0.25, 0.3) is 0 Å². The van der Waals surface area contributed by atoms with E-state index in [9.17, 15) is 10.2 Å². The van der Waals surface area contributed by atoms with Gasteiger partial charge in [-0.25, -0.2) is 0 Å². The highest BCUT2D eigenvalue weighted by Crippen LogP contribution is 2.09. The highest BCUT2D eigenvalue weighted by molar-refractivity contribution is 4.68. The summed E-state index contributed by atoms with van der Waals surface area (Å²) in [4.78, 5) is 0. The second kappa shape index (κ2) is 12.5. The van der Waals surface area contributed by atoms with Crippen LogP contribution in [0.15, 0.2) is 0 Å². The van der Waals surface area contributed by atoms with Crippen molar-refractivity contribution in [3.8, 4) is 0 Å². The van der Waals surface area contributed by atoms with Gasteiger partial charge in [0.15, 0.2) is 6.29 Å². The fourth-order valence-corrected chi connectivity index (χ4v) is 1.68. The maximum absolute atomic E-state index is 9.65. The molecule has 20 heavy (non-hydrogen) atoms. The standard InChI is InChI=1S/C14H30O6/c1-4-5-6-7-8-19-10-13(11(2)16)20-14(18-3)12(17)9-15/h11-17H,4-10H2,1-3H3/t11-,12+,13?,14-/m0/s1. The second-order valence-corrected chi connectivity index (χ2v) is 4.90. The molecule has 0 radical (unpaired) electrons. The predicted molar refractivity (Wildman–Crippen MR) is 75.4 cm³/mol. The van der Waals surface area contributed by atoms with Crippen molar-refractivity contribution < 1.29 is 29.5 Å². The molecule has 0 aliphatic rings. The molecule has 0 amide bonds. The number of aliphatic hydroxyl groups is 3. The zero-order valence-corrected chi connectivity index (χ0v) is 12.8. The Hall–Kier alpha value is -0.240. The minimum absolute atomic E-state index is 0.224. The fraction of sp³-hybridized carbons (Fsp3) is 1.00. The number of rotatable bonds is 13. The van der Waals surface area contributed by atoms with E-state index in [-0.39, 0.29) is 6.61 Å². The summed E-state index contributed by atoms with van der Waals surface area (Å²) in [6, 6.07) is 0. The summed E-state index contributed by atoms with van der Waals surface area (Å²) in [6.07, 6.45) is 0.978. The van der Waals surface area contributed by atoms with Gasteiger partial charge < -0.3 is 29.5 Å². The van der Waals surface area contributed by atoms with Gasteiger partial charge in [-0.1, -0.05) is 26.2 Å². The van der Waals surface area contributed by atoms with E-state index in [1.807, 2.05) is 0 Å². The number of aliphatic hydroxyl groups excluding tert-OH is 3. The smallest absolute Gasteiger partial charge is 0.185 e. The normalized spacial score (nSPS) is 17.7. The highest BCUT2D eigenvalue weighted by Gasteiger charge is 2.26. The zero-order chi connectivity index (χ0) is 15.4. The molecule has 6 heteroatoms. The Bertz CT molecular complexity index is 212. The summed E-state index contributed by atoms with van der Waals surface area (Å²) in [5, 5.41) is 28.0. The SMILES string of the molecule is CCCCCCOCC(O[C@H](OC)[C@H](O)CO)[C@H](C)O. The Labute approximate surface area is 121 Å². The van der Waals surface area contributed by atoms with Crippen LogP contribution in [0.4, 0.5) is 0 Å². The Kier molecular flexibility index (Phi) is 12.3. The van der Waals surface area contributed by atoms with E-state index in [0.29, 0.717) is 6.61 Å². The molecule has 0 aliphatic heterocycles. The molecule has 1 unspecified atom stereocenters. The molecule has 0 spiro atoms. The van der Waals surface area contributed by atoms with Crippen molar-refractivity contribution in [3.63, 3.8) is 0 Å². The molecule has 6 nitrogen and oxygen atoms in total. The van der Waals surface area contributed by atoms with Crippen LogP contribution in [0.2, 0.25) is 0 Å². The third kappa shape index (κ3) is 8.84. The van der Waals surface area contributed by atoms with Crippen molar-refractivity contribution in [2.75, 3.05) is 26.9 Å². The monoisotopic (exact) mass is 294 g/mol. The van der Waals surface area contributed by atoms with Crippen molar-refractivity contribution in [2.24, 2.45) is 0 Å². The molecule has 0 aliphatic carbocycles. The molecule has 0 bridgehead atoms. The lowest BCUT2D eigenvalue weighted by atomic mass is 10.2. The third-order valence-electron chi connectivity index (χ3n) is 3.00. The lowest BCUT2D eigenvalue weighted by Gasteiger charge is -2.27. The van der Waals surface area contributed by atoms with Crippen molar-refractivity contribution in [1.82, 2.24) is 0 Å². The Morgan fingerprint density at radius 2 is 1.80 bits per heavy atom. The summed E-state index contributed by atoms with van der Waals surface area (Å²) >= 11 is 0. The molecule has 3 N–H and O–H groups in total. The van der Waals surface area contributed by atoms with Gasteiger partial charge in [-0.2, -0.15) is 0 Å². The van der Waals surface area contributed by atoms with E-state index in [1.165, 1.54) is 20.0 Å². The van der Waals surface area contributed by atoms with Gasteiger partial charge in [0, 0.05) is 13.7 Å². The van der Waals surface area contributed by atoms with Crippen molar-refractivity contribution >= 4 is 0 Å².